The van der Waals surface area contributed by atoms with Crippen molar-refractivity contribution in [3.8, 4) is 0 Å². The minimum absolute atomic E-state index is 0.136. The van der Waals surface area contributed by atoms with Gasteiger partial charge in [0, 0.05) is 6.42 Å². The molecule has 16 heavy (non-hydrogen) atoms. The molecule has 1 aliphatic rings. The van der Waals surface area contributed by atoms with Crippen molar-refractivity contribution in [2.24, 2.45) is 11.8 Å². The molecule has 0 spiro atoms. The molecular formula is C12H21NO3. The van der Waals surface area contributed by atoms with Crippen LogP contribution in [0, 0.1) is 11.8 Å². The second-order valence-electron chi connectivity index (χ2n) is 5.21. The van der Waals surface area contributed by atoms with Gasteiger partial charge in [0.15, 0.2) is 0 Å². The number of rotatable bonds is 5. The Hall–Kier alpha value is -1.06. The maximum atomic E-state index is 11.7. The number of aliphatic carboxylic acids is 1. The van der Waals surface area contributed by atoms with Crippen LogP contribution in [-0.4, -0.2) is 22.5 Å². The highest BCUT2D eigenvalue weighted by Crippen LogP contribution is 2.32. The lowest BCUT2D eigenvalue weighted by Gasteiger charge is -2.38. The van der Waals surface area contributed by atoms with Crippen molar-refractivity contribution in [1.82, 2.24) is 5.32 Å². The van der Waals surface area contributed by atoms with Gasteiger partial charge in [-0.1, -0.05) is 20.8 Å². The smallest absolute Gasteiger partial charge is 0.329 e. The zero-order chi connectivity index (χ0) is 12.3. The van der Waals surface area contributed by atoms with Crippen LogP contribution in [0.2, 0.25) is 0 Å². The van der Waals surface area contributed by atoms with Gasteiger partial charge in [-0.3, -0.25) is 4.79 Å². The molecule has 4 nitrogen and oxygen atoms in total. The Kier molecular flexibility index (Phi) is 3.94. The van der Waals surface area contributed by atoms with Gasteiger partial charge < -0.3 is 10.4 Å². The SMILES string of the molecule is CC(C)C(C)CC(=O)NC1(C(=O)O)CCC1. The first-order chi connectivity index (χ1) is 7.37. The number of hydrogen-bond donors (Lipinski definition) is 2. The van der Waals surface area contributed by atoms with E-state index in [1.54, 1.807) is 0 Å². The van der Waals surface area contributed by atoms with Crippen molar-refractivity contribution in [3.63, 3.8) is 0 Å². The molecule has 1 saturated carbocycles. The van der Waals surface area contributed by atoms with E-state index >= 15 is 0 Å². The molecule has 1 atom stereocenters. The monoisotopic (exact) mass is 227 g/mol. The zero-order valence-electron chi connectivity index (χ0n) is 10.2. The van der Waals surface area contributed by atoms with E-state index in [4.69, 9.17) is 5.11 Å². The minimum atomic E-state index is -0.965. The Balaban J connectivity index is 2.47. The first kappa shape index (κ1) is 13.0. The largest absolute Gasteiger partial charge is 0.480 e. The van der Waals surface area contributed by atoms with Crippen LogP contribution in [0.25, 0.3) is 0 Å². The molecule has 0 bridgehead atoms. The average molecular weight is 227 g/mol. The Morgan fingerprint density at radius 2 is 1.88 bits per heavy atom. The van der Waals surface area contributed by atoms with Gasteiger partial charge in [-0.2, -0.15) is 0 Å². The summed E-state index contributed by atoms with van der Waals surface area (Å²) in [5.74, 6) is -0.313. The minimum Gasteiger partial charge on any atom is -0.480 e. The van der Waals surface area contributed by atoms with Gasteiger partial charge in [-0.05, 0) is 31.1 Å². The molecule has 1 aliphatic carbocycles. The third kappa shape index (κ3) is 2.74. The number of amides is 1. The van der Waals surface area contributed by atoms with Gasteiger partial charge in [0.1, 0.15) is 5.54 Å². The van der Waals surface area contributed by atoms with Gasteiger partial charge in [0.25, 0.3) is 0 Å². The molecule has 0 aliphatic heterocycles. The van der Waals surface area contributed by atoms with E-state index in [1.165, 1.54) is 0 Å². The van der Waals surface area contributed by atoms with Crippen molar-refractivity contribution < 1.29 is 14.7 Å². The first-order valence-electron chi connectivity index (χ1n) is 5.92. The lowest BCUT2D eigenvalue weighted by molar-refractivity contribution is -0.152. The summed E-state index contributed by atoms with van der Waals surface area (Å²) in [5.41, 5.74) is -0.965. The molecule has 4 heteroatoms. The molecule has 0 saturated heterocycles. The third-order valence-corrected chi connectivity index (χ3v) is 3.64. The van der Waals surface area contributed by atoms with Crippen LogP contribution in [0.15, 0.2) is 0 Å². The maximum Gasteiger partial charge on any atom is 0.329 e. The van der Waals surface area contributed by atoms with Crippen LogP contribution in [0.4, 0.5) is 0 Å². The highest BCUT2D eigenvalue weighted by molar-refractivity contribution is 5.87. The van der Waals surface area contributed by atoms with Crippen molar-refractivity contribution in [2.75, 3.05) is 0 Å². The molecule has 1 unspecified atom stereocenters. The van der Waals surface area contributed by atoms with Crippen LogP contribution in [-0.2, 0) is 9.59 Å². The molecule has 0 heterocycles. The van der Waals surface area contributed by atoms with E-state index in [1.807, 2.05) is 6.92 Å². The van der Waals surface area contributed by atoms with E-state index in [9.17, 15) is 9.59 Å². The molecule has 1 amide bonds. The number of carboxylic acids is 1. The van der Waals surface area contributed by atoms with E-state index < -0.39 is 11.5 Å². The third-order valence-electron chi connectivity index (χ3n) is 3.64. The molecule has 0 aromatic rings. The summed E-state index contributed by atoms with van der Waals surface area (Å²) in [6.45, 7) is 6.14. The van der Waals surface area contributed by atoms with Crippen LogP contribution < -0.4 is 5.32 Å². The summed E-state index contributed by atoms with van der Waals surface area (Å²) in [4.78, 5) is 22.7. The Bertz CT molecular complexity index is 282. The van der Waals surface area contributed by atoms with Crippen molar-refractivity contribution >= 4 is 11.9 Å². The van der Waals surface area contributed by atoms with Crippen molar-refractivity contribution in [2.45, 2.75) is 52.0 Å². The van der Waals surface area contributed by atoms with Gasteiger partial charge in [-0.15, -0.1) is 0 Å². The molecule has 0 aromatic heterocycles. The lowest BCUT2D eigenvalue weighted by atomic mass is 9.76. The quantitative estimate of drug-likeness (QED) is 0.752. The fourth-order valence-electron chi connectivity index (χ4n) is 1.77. The molecular weight excluding hydrogens is 206 g/mol. The number of carbonyl (C=O) groups is 2. The standard InChI is InChI=1S/C12H21NO3/c1-8(2)9(3)7-10(14)13-12(11(15)16)5-4-6-12/h8-9H,4-7H2,1-3H3,(H,13,14)(H,15,16). The lowest BCUT2D eigenvalue weighted by Crippen LogP contribution is -2.59. The van der Waals surface area contributed by atoms with E-state index in [2.05, 4.69) is 19.2 Å². The van der Waals surface area contributed by atoms with E-state index in [0.717, 1.165) is 6.42 Å². The van der Waals surface area contributed by atoms with Gasteiger partial charge >= 0.3 is 5.97 Å². The first-order valence-corrected chi connectivity index (χ1v) is 5.92. The second-order valence-corrected chi connectivity index (χ2v) is 5.21. The Labute approximate surface area is 96.4 Å². The highest BCUT2D eigenvalue weighted by Gasteiger charge is 2.45. The maximum absolute atomic E-state index is 11.7. The summed E-state index contributed by atoms with van der Waals surface area (Å²) in [6, 6.07) is 0. The summed E-state index contributed by atoms with van der Waals surface area (Å²) < 4.78 is 0. The Morgan fingerprint density at radius 1 is 1.31 bits per heavy atom. The van der Waals surface area contributed by atoms with Gasteiger partial charge in [0.2, 0.25) is 5.91 Å². The molecule has 92 valence electrons. The molecule has 0 aromatic carbocycles. The van der Waals surface area contributed by atoms with Crippen LogP contribution in [0.5, 0.6) is 0 Å². The van der Waals surface area contributed by atoms with Gasteiger partial charge in [-0.25, -0.2) is 4.79 Å². The summed E-state index contributed by atoms with van der Waals surface area (Å²) >= 11 is 0. The van der Waals surface area contributed by atoms with Gasteiger partial charge in [0.05, 0.1) is 0 Å². The van der Waals surface area contributed by atoms with Crippen LogP contribution in [0.3, 0.4) is 0 Å². The summed E-state index contributed by atoms with van der Waals surface area (Å²) in [7, 11) is 0. The predicted octanol–water partition coefficient (Wildman–Crippen LogP) is 1.79. The van der Waals surface area contributed by atoms with Crippen molar-refractivity contribution in [3.05, 3.63) is 0 Å². The summed E-state index contributed by atoms with van der Waals surface area (Å²) in [5, 5.41) is 11.7. The number of nitrogens with one attached hydrogen (secondary N) is 1. The van der Waals surface area contributed by atoms with Crippen molar-refractivity contribution in [1.29, 1.82) is 0 Å². The highest BCUT2D eigenvalue weighted by atomic mass is 16.4. The normalized spacial score (nSPS) is 20.0. The van der Waals surface area contributed by atoms with E-state index in [0.29, 0.717) is 25.2 Å². The van der Waals surface area contributed by atoms with Crippen LogP contribution in [0.1, 0.15) is 46.5 Å². The Morgan fingerprint density at radius 3 is 2.19 bits per heavy atom. The average Bonchev–Trinajstić information content (AvgIpc) is 2.10. The van der Waals surface area contributed by atoms with E-state index in [-0.39, 0.29) is 11.8 Å². The molecule has 2 N–H and O–H groups in total. The van der Waals surface area contributed by atoms with Crippen LogP contribution >= 0.6 is 0 Å². The fourth-order valence-corrected chi connectivity index (χ4v) is 1.77. The fraction of sp³-hybridized carbons (Fsp3) is 0.833. The predicted molar refractivity (Wildman–Crippen MR) is 61.0 cm³/mol. The summed E-state index contributed by atoms with van der Waals surface area (Å²) in [6.07, 6.45) is 2.41. The second kappa shape index (κ2) is 4.85. The molecule has 1 rings (SSSR count). The topological polar surface area (TPSA) is 66.4 Å². The zero-order valence-corrected chi connectivity index (χ0v) is 10.2. The molecule has 0 radical (unpaired) electrons. The number of carboxylic acid groups (broad SMARTS) is 1. The molecule has 1 fully saturated rings. The number of carbonyl (C=O) groups excluding carboxylic acids is 1. The number of hydrogen-bond acceptors (Lipinski definition) is 2.